The Morgan fingerprint density at radius 1 is 1.04 bits per heavy atom. The SMILES string of the molecule is CCC(CC)C(=NC(CC)C(=O)O)c1ccccc1NC(=O)c1ccccn1. The van der Waals surface area contributed by atoms with Crippen LogP contribution in [0.4, 0.5) is 5.69 Å². The van der Waals surface area contributed by atoms with Gasteiger partial charge in [-0.1, -0.05) is 45.0 Å². The van der Waals surface area contributed by atoms with Crippen LogP contribution in [0.2, 0.25) is 0 Å². The predicted molar refractivity (Wildman–Crippen MR) is 111 cm³/mol. The largest absolute Gasteiger partial charge is 0.480 e. The summed E-state index contributed by atoms with van der Waals surface area (Å²) in [5.41, 5.74) is 2.38. The number of benzene rings is 1. The molecule has 0 saturated carbocycles. The second-order valence-corrected chi connectivity index (χ2v) is 6.50. The first-order chi connectivity index (χ1) is 13.5. The number of carbonyl (C=O) groups excluding carboxylic acids is 1. The van der Waals surface area contributed by atoms with Gasteiger partial charge in [0.05, 0.1) is 5.69 Å². The number of aromatic nitrogens is 1. The molecule has 0 radical (unpaired) electrons. The highest BCUT2D eigenvalue weighted by molar-refractivity contribution is 6.11. The van der Waals surface area contributed by atoms with Crippen LogP contribution < -0.4 is 5.32 Å². The molecule has 0 saturated heterocycles. The standard InChI is InChI=1S/C22H27N3O3/c1-4-15(5-2)20(24-17(6-3)22(27)28)16-11-7-8-12-18(16)25-21(26)19-13-9-10-14-23-19/h7-15,17H,4-6H2,1-3H3,(H,25,26)(H,27,28). The summed E-state index contributed by atoms with van der Waals surface area (Å²) in [5.74, 6) is -1.16. The summed E-state index contributed by atoms with van der Waals surface area (Å²) in [6, 6.07) is 11.7. The molecule has 0 fully saturated rings. The lowest BCUT2D eigenvalue weighted by molar-refractivity contribution is -0.138. The molecule has 1 aromatic carbocycles. The smallest absolute Gasteiger partial charge is 0.328 e. The molecule has 6 heteroatoms. The number of nitrogens with one attached hydrogen (secondary N) is 1. The summed E-state index contributed by atoms with van der Waals surface area (Å²) in [7, 11) is 0. The maximum Gasteiger partial charge on any atom is 0.328 e. The van der Waals surface area contributed by atoms with Gasteiger partial charge in [-0.3, -0.25) is 14.8 Å². The number of para-hydroxylation sites is 1. The zero-order chi connectivity index (χ0) is 20.5. The number of pyridine rings is 1. The summed E-state index contributed by atoms with van der Waals surface area (Å²) < 4.78 is 0. The number of carbonyl (C=O) groups is 2. The molecule has 1 amide bonds. The van der Waals surface area contributed by atoms with Crippen molar-refractivity contribution >= 4 is 23.3 Å². The zero-order valence-corrected chi connectivity index (χ0v) is 16.6. The van der Waals surface area contributed by atoms with Crippen molar-refractivity contribution in [2.45, 2.75) is 46.1 Å². The Balaban J connectivity index is 2.48. The van der Waals surface area contributed by atoms with Crippen molar-refractivity contribution in [3.8, 4) is 0 Å². The van der Waals surface area contributed by atoms with Crippen molar-refractivity contribution in [2.24, 2.45) is 10.9 Å². The summed E-state index contributed by atoms with van der Waals surface area (Å²) >= 11 is 0. The average Bonchev–Trinajstić information content (AvgIpc) is 2.72. The molecule has 1 unspecified atom stereocenters. The normalized spacial score (nSPS) is 12.6. The van der Waals surface area contributed by atoms with Crippen molar-refractivity contribution in [1.29, 1.82) is 0 Å². The van der Waals surface area contributed by atoms with Crippen LogP contribution in [0.3, 0.4) is 0 Å². The molecule has 2 N–H and O–H groups in total. The highest BCUT2D eigenvalue weighted by atomic mass is 16.4. The number of hydrogen-bond acceptors (Lipinski definition) is 4. The van der Waals surface area contributed by atoms with Crippen LogP contribution in [0.25, 0.3) is 0 Å². The van der Waals surface area contributed by atoms with Crippen LogP contribution in [-0.2, 0) is 4.79 Å². The molecule has 1 heterocycles. The van der Waals surface area contributed by atoms with Crippen molar-refractivity contribution < 1.29 is 14.7 Å². The molecular weight excluding hydrogens is 354 g/mol. The maximum atomic E-state index is 12.6. The van der Waals surface area contributed by atoms with Gasteiger partial charge in [-0.05, 0) is 37.5 Å². The third-order valence-corrected chi connectivity index (χ3v) is 4.69. The van der Waals surface area contributed by atoms with E-state index in [4.69, 9.17) is 0 Å². The first-order valence-electron chi connectivity index (χ1n) is 9.63. The van der Waals surface area contributed by atoms with Gasteiger partial charge in [0.1, 0.15) is 11.7 Å². The number of aliphatic carboxylic acids is 1. The molecule has 28 heavy (non-hydrogen) atoms. The van der Waals surface area contributed by atoms with Crippen LogP contribution in [-0.4, -0.2) is 33.7 Å². The summed E-state index contributed by atoms with van der Waals surface area (Å²) in [5, 5.41) is 12.4. The van der Waals surface area contributed by atoms with Crippen molar-refractivity contribution in [3.05, 3.63) is 59.9 Å². The Hall–Kier alpha value is -3.02. The van der Waals surface area contributed by atoms with E-state index in [1.54, 1.807) is 30.5 Å². The highest BCUT2D eigenvalue weighted by Crippen LogP contribution is 2.25. The molecule has 0 aliphatic heterocycles. The second kappa shape index (κ2) is 10.3. The van der Waals surface area contributed by atoms with Crippen molar-refractivity contribution in [2.75, 3.05) is 5.32 Å². The topological polar surface area (TPSA) is 91.6 Å². The maximum absolute atomic E-state index is 12.6. The zero-order valence-electron chi connectivity index (χ0n) is 16.6. The van der Waals surface area contributed by atoms with Crippen LogP contribution >= 0.6 is 0 Å². The van der Waals surface area contributed by atoms with Gasteiger partial charge in [-0.2, -0.15) is 0 Å². The molecule has 0 spiro atoms. The van der Waals surface area contributed by atoms with E-state index in [2.05, 4.69) is 29.1 Å². The third-order valence-electron chi connectivity index (χ3n) is 4.69. The van der Waals surface area contributed by atoms with E-state index in [1.807, 2.05) is 25.1 Å². The van der Waals surface area contributed by atoms with Gasteiger partial charge >= 0.3 is 5.97 Å². The van der Waals surface area contributed by atoms with Gasteiger partial charge in [-0.25, -0.2) is 4.79 Å². The van der Waals surface area contributed by atoms with E-state index in [0.717, 1.165) is 24.1 Å². The number of amides is 1. The quantitative estimate of drug-likeness (QED) is 0.629. The lowest BCUT2D eigenvalue weighted by atomic mass is 9.90. The Morgan fingerprint density at radius 3 is 2.29 bits per heavy atom. The number of carboxylic acid groups (broad SMARTS) is 1. The average molecular weight is 381 g/mol. The monoisotopic (exact) mass is 381 g/mol. The molecule has 1 atom stereocenters. The second-order valence-electron chi connectivity index (χ2n) is 6.50. The molecule has 2 aromatic rings. The Morgan fingerprint density at radius 2 is 1.71 bits per heavy atom. The van der Waals surface area contributed by atoms with E-state index in [-0.39, 0.29) is 11.8 Å². The highest BCUT2D eigenvalue weighted by Gasteiger charge is 2.22. The molecular formula is C22H27N3O3. The summed E-state index contributed by atoms with van der Waals surface area (Å²) in [4.78, 5) is 32.8. The summed E-state index contributed by atoms with van der Waals surface area (Å²) in [6.07, 6.45) is 3.62. The summed E-state index contributed by atoms with van der Waals surface area (Å²) in [6.45, 7) is 5.92. The first kappa shape index (κ1) is 21.3. The molecule has 0 aliphatic carbocycles. The van der Waals surface area contributed by atoms with Gasteiger partial charge in [-0.15, -0.1) is 0 Å². The van der Waals surface area contributed by atoms with Gasteiger partial charge < -0.3 is 10.4 Å². The number of hydrogen-bond donors (Lipinski definition) is 2. The molecule has 2 rings (SSSR count). The minimum absolute atomic E-state index is 0.0984. The van der Waals surface area contributed by atoms with Crippen molar-refractivity contribution in [3.63, 3.8) is 0 Å². The fraction of sp³-hybridized carbons (Fsp3) is 0.364. The van der Waals surface area contributed by atoms with E-state index in [1.165, 1.54) is 0 Å². The van der Waals surface area contributed by atoms with Gasteiger partial charge in [0.2, 0.25) is 0 Å². The van der Waals surface area contributed by atoms with E-state index < -0.39 is 12.0 Å². The number of rotatable bonds is 9. The number of nitrogens with zero attached hydrogens (tertiary/aromatic N) is 2. The van der Waals surface area contributed by atoms with Gasteiger partial charge in [0.15, 0.2) is 0 Å². The minimum Gasteiger partial charge on any atom is -0.480 e. The fourth-order valence-electron chi connectivity index (χ4n) is 3.06. The van der Waals surface area contributed by atoms with Crippen LogP contribution in [0.5, 0.6) is 0 Å². The lowest BCUT2D eigenvalue weighted by Gasteiger charge is -2.21. The number of carboxylic acids is 1. The molecule has 0 bridgehead atoms. The predicted octanol–water partition coefficient (Wildman–Crippen LogP) is 4.42. The molecule has 0 aliphatic rings. The Bertz CT molecular complexity index is 830. The van der Waals surface area contributed by atoms with E-state index >= 15 is 0 Å². The van der Waals surface area contributed by atoms with Crippen LogP contribution in [0.15, 0.2) is 53.7 Å². The van der Waals surface area contributed by atoms with E-state index in [9.17, 15) is 14.7 Å². The van der Waals surface area contributed by atoms with E-state index in [0.29, 0.717) is 17.8 Å². The van der Waals surface area contributed by atoms with Crippen LogP contribution in [0, 0.1) is 5.92 Å². The molecule has 148 valence electrons. The Kier molecular flexibility index (Phi) is 7.87. The lowest BCUT2D eigenvalue weighted by Crippen LogP contribution is -2.25. The number of aliphatic imine (C=N–C) groups is 1. The fourth-order valence-corrected chi connectivity index (χ4v) is 3.06. The molecule has 6 nitrogen and oxygen atoms in total. The number of anilines is 1. The van der Waals surface area contributed by atoms with Gasteiger partial charge in [0.25, 0.3) is 5.91 Å². The molecule has 1 aromatic heterocycles. The van der Waals surface area contributed by atoms with Crippen molar-refractivity contribution in [1.82, 2.24) is 4.98 Å². The van der Waals surface area contributed by atoms with Crippen LogP contribution in [0.1, 0.15) is 56.1 Å². The Labute approximate surface area is 165 Å². The minimum atomic E-state index is -0.944. The van der Waals surface area contributed by atoms with Gasteiger partial charge in [0, 0.05) is 23.4 Å². The first-order valence-corrected chi connectivity index (χ1v) is 9.63. The third kappa shape index (κ3) is 5.25.